The van der Waals surface area contributed by atoms with Crippen LogP contribution in [0.1, 0.15) is 31.1 Å². The fourth-order valence-electron chi connectivity index (χ4n) is 2.22. The first-order chi connectivity index (χ1) is 12.8. The van der Waals surface area contributed by atoms with Crippen molar-refractivity contribution in [2.45, 2.75) is 37.6 Å². The van der Waals surface area contributed by atoms with Gasteiger partial charge >= 0.3 is 6.36 Å². The van der Waals surface area contributed by atoms with E-state index in [2.05, 4.69) is 14.8 Å². The summed E-state index contributed by atoms with van der Waals surface area (Å²) in [6, 6.07) is 9.98. The Balaban J connectivity index is 2.13. The summed E-state index contributed by atoms with van der Waals surface area (Å²) in [7, 11) is -3.75. The molecule has 0 spiro atoms. The summed E-state index contributed by atoms with van der Waals surface area (Å²) in [6.45, 7) is 5.09. The van der Waals surface area contributed by atoms with E-state index in [0.29, 0.717) is 0 Å². The summed E-state index contributed by atoms with van der Waals surface area (Å²) in [5.41, 5.74) is -0.437. The molecule has 2 N–H and O–H groups in total. The van der Waals surface area contributed by atoms with Gasteiger partial charge < -0.3 is 10.1 Å². The van der Waals surface area contributed by atoms with Gasteiger partial charge in [0.1, 0.15) is 5.75 Å². The van der Waals surface area contributed by atoms with Gasteiger partial charge in [0, 0.05) is 22.9 Å². The number of carbonyl (C=O) groups excluding carboxylic acids is 1. The van der Waals surface area contributed by atoms with Crippen molar-refractivity contribution in [2.75, 3.05) is 5.32 Å². The van der Waals surface area contributed by atoms with Crippen molar-refractivity contribution < 1.29 is 31.1 Å². The van der Waals surface area contributed by atoms with E-state index in [0.717, 1.165) is 12.1 Å². The van der Waals surface area contributed by atoms with E-state index >= 15 is 0 Å². The van der Waals surface area contributed by atoms with Crippen LogP contribution in [-0.4, -0.2) is 26.2 Å². The van der Waals surface area contributed by atoms with E-state index in [1.807, 2.05) is 0 Å². The second-order valence-corrected chi connectivity index (χ2v) is 8.59. The molecule has 152 valence electrons. The van der Waals surface area contributed by atoms with Gasteiger partial charge in [-0.1, -0.05) is 6.07 Å². The minimum absolute atomic E-state index is 0.0143. The Morgan fingerprint density at radius 1 is 1.00 bits per heavy atom. The van der Waals surface area contributed by atoms with Crippen LogP contribution in [0.4, 0.5) is 18.9 Å². The topological polar surface area (TPSA) is 84.5 Å². The average molecular weight is 416 g/mol. The molecule has 0 saturated heterocycles. The maximum atomic E-state index is 12.3. The van der Waals surface area contributed by atoms with E-state index < -0.39 is 33.6 Å². The molecule has 2 aromatic carbocycles. The molecule has 28 heavy (non-hydrogen) atoms. The second-order valence-electron chi connectivity index (χ2n) is 6.91. The molecule has 2 rings (SSSR count). The van der Waals surface area contributed by atoms with Gasteiger partial charge in [-0.3, -0.25) is 4.79 Å². The normalized spacial score (nSPS) is 12.5. The van der Waals surface area contributed by atoms with Gasteiger partial charge in [0.25, 0.3) is 5.91 Å². The molecule has 0 heterocycles. The highest BCUT2D eigenvalue weighted by molar-refractivity contribution is 7.89. The van der Waals surface area contributed by atoms with Gasteiger partial charge in [-0.05, 0) is 57.2 Å². The summed E-state index contributed by atoms with van der Waals surface area (Å²) >= 11 is 0. The molecule has 1 amide bonds. The third kappa shape index (κ3) is 6.54. The molecule has 0 saturated carbocycles. The molecule has 0 radical (unpaired) electrons. The van der Waals surface area contributed by atoms with Gasteiger partial charge in [-0.25, -0.2) is 13.1 Å². The Labute approximate surface area is 160 Å². The van der Waals surface area contributed by atoms with Crippen molar-refractivity contribution in [1.29, 1.82) is 0 Å². The molecule has 0 bridgehead atoms. The highest BCUT2D eigenvalue weighted by Crippen LogP contribution is 2.25. The van der Waals surface area contributed by atoms with Crippen molar-refractivity contribution in [2.24, 2.45) is 0 Å². The summed E-state index contributed by atoms with van der Waals surface area (Å²) < 4.78 is 67.6. The third-order valence-electron chi connectivity index (χ3n) is 3.19. The Morgan fingerprint density at radius 3 is 2.14 bits per heavy atom. The largest absolute Gasteiger partial charge is 0.573 e. The first-order valence-corrected chi connectivity index (χ1v) is 9.55. The molecule has 2 aromatic rings. The molecular formula is C18H19F3N2O4S. The van der Waals surface area contributed by atoms with E-state index in [1.54, 1.807) is 20.8 Å². The minimum Gasteiger partial charge on any atom is -0.406 e. The lowest BCUT2D eigenvalue weighted by atomic mass is 10.1. The summed E-state index contributed by atoms with van der Waals surface area (Å²) in [6.07, 6.45) is -4.84. The number of ether oxygens (including phenoxy) is 1. The number of hydrogen-bond acceptors (Lipinski definition) is 4. The van der Waals surface area contributed by atoms with Crippen LogP contribution in [0.25, 0.3) is 0 Å². The molecule has 0 aliphatic heterocycles. The second kappa shape index (κ2) is 7.80. The van der Waals surface area contributed by atoms with Crippen molar-refractivity contribution >= 4 is 21.6 Å². The quantitative estimate of drug-likeness (QED) is 0.774. The molecular weight excluding hydrogens is 397 g/mol. The molecule has 0 fully saturated rings. The Kier molecular flexibility index (Phi) is 6.05. The van der Waals surface area contributed by atoms with Crippen LogP contribution in [0.2, 0.25) is 0 Å². The first kappa shape index (κ1) is 21.7. The predicted octanol–water partition coefficient (Wildman–Crippen LogP) is 3.91. The van der Waals surface area contributed by atoms with Crippen molar-refractivity contribution in [3.63, 3.8) is 0 Å². The molecule has 10 heteroatoms. The maximum Gasteiger partial charge on any atom is 0.573 e. The van der Waals surface area contributed by atoms with Crippen LogP contribution in [0, 0.1) is 0 Å². The Bertz CT molecular complexity index is 950. The van der Waals surface area contributed by atoms with Gasteiger partial charge in [-0.15, -0.1) is 13.2 Å². The number of halogens is 3. The van der Waals surface area contributed by atoms with E-state index in [-0.39, 0.29) is 16.1 Å². The minimum atomic E-state index is -4.84. The van der Waals surface area contributed by atoms with Crippen molar-refractivity contribution in [3.05, 3.63) is 54.1 Å². The van der Waals surface area contributed by atoms with Gasteiger partial charge in [-0.2, -0.15) is 0 Å². The van der Waals surface area contributed by atoms with Crippen LogP contribution < -0.4 is 14.8 Å². The van der Waals surface area contributed by atoms with Crippen LogP contribution in [0.15, 0.2) is 53.4 Å². The average Bonchev–Trinajstić information content (AvgIpc) is 2.51. The number of sulfonamides is 1. The summed E-state index contributed by atoms with van der Waals surface area (Å²) in [4.78, 5) is 12.2. The zero-order chi connectivity index (χ0) is 21.2. The van der Waals surface area contributed by atoms with Gasteiger partial charge in [0.2, 0.25) is 10.0 Å². The van der Waals surface area contributed by atoms with Crippen molar-refractivity contribution in [1.82, 2.24) is 4.72 Å². The molecule has 0 unspecified atom stereocenters. The summed E-state index contributed by atoms with van der Waals surface area (Å²) in [5, 5.41) is 2.43. The fourth-order valence-corrected chi connectivity index (χ4v) is 3.64. The molecule has 0 aliphatic rings. The Morgan fingerprint density at radius 2 is 1.61 bits per heavy atom. The van der Waals surface area contributed by atoms with Crippen LogP contribution in [-0.2, 0) is 10.0 Å². The number of amides is 1. The Hall–Kier alpha value is -2.59. The third-order valence-corrected chi connectivity index (χ3v) is 4.97. The number of alkyl halides is 3. The van der Waals surface area contributed by atoms with Crippen LogP contribution in [0.5, 0.6) is 5.75 Å². The van der Waals surface area contributed by atoms with E-state index in [4.69, 9.17) is 0 Å². The number of anilines is 1. The van der Waals surface area contributed by atoms with Crippen LogP contribution in [0.3, 0.4) is 0 Å². The first-order valence-electron chi connectivity index (χ1n) is 8.06. The predicted molar refractivity (Wildman–Crippen MR) is 97.6 cm³/mol. The molecule has 0 aliphatic carbocycles. The molecule has 6 nitrogen and oxygen atoms in total. The SMILES string of the molecule is CC(C)(C)NS(=O)(=O)c1ccc(C(=O)Nc2cccc(OC(F)(F)F)c2)cc1. The highest BCUT2D eigenvalue weighted by Gasteiger charge is 2.31. The zero-order valence-corrected chi connectivity index (χ0v) is 16.1. The maximum absolute atomic E-state index is 12.3. The van der Waals surface area contributed by atoms with Crippen LogP contribution >= 0.6 is 0 Å². The highest BCUT2D eigenvalue weighted by atomic mass is 32.2. The lowest BCUT2D eigenvalue weighted by Crippen LogP contribution is -2.40. The molecule has 0 atom stereocenters. The number of carbonyl (C=O) groups is 1. The smallest absolute Gasteiger partial charge is 0.406 e. The fraction of sp³-hybridized carbons (Fsp3) is 0.278. The van der Waals surface area contributed by atoms with Gasteiger partial charge in [0.15, 0.2) is 0 Å². The lowest BCUT2D eigenvalue weighted by Gasteiger charge is -2.20. The van der Waals surface area contributed by atoms with Crippen molar-refractivity contribution in [3.8, 4) is 5.75 Å². The van der Waals surface area contributed by atoms with Gasteiger partial charge in [0.05, 0.1) is 4.90 Å². The number of rotatable bonds is 5. The lowest BCUT2D eigenvalue weighted by molar-refractivity contribution is -0.274. The molecule has 0 aromatic heterocycles. The van der Waals surface area contributed by atoms with E-state index in [1.165, 1.54) is 36.4 Å². The number of hydrogen-bond donors (Lipinski definition) is 2. The zero-order valence-electron chi connectivity index (χ0n) is 15.3. The standard InChI is InChI=1S/C18H19F3N2O4S/c1-17(2,3)23-28(25,26)15-9-7-12(8-10-15)16(24)22-13-5-4-6-14(11-13)27-18(19,20)21/h4-11,23H,1-3H3,(H,22,24). The monoisotopic (exact) mass is 416 g/mol. The number of benzene rings is 2. The summed E-state index contributed by atoms with van der Waals surface area (Å²) in [5.74, 6) is -1.09. The van der Waals surface area contributed by atoms with E-state index in [9.17, 15) is 26.4 Å². The number of nitrogens with one attached hydrogen (secondary N) is 2.